The van der Waals surface area contributed by atoms with Crippen LogP contribution in [0.3, 0.4) is 0 Å². The van der Waals surface area contributed by atoms with Crippen LogP contribution < -0.4 is 4.72 Å². The van der Waals surface area contributed by atoms with E-state index in [1.165, 1.54) is 12.3 Å². The first-order valence-electron chi connectivity index (χ1n) is 5.16. The van der Waals surface area contributed by atoms with Gasteiger partial charge in [0.05, 0.1) is 0 Å². The molecule has 90 valence electrons. The van der Waals surface area contributed by atoms with Gasteiger partial charge in [-0.2, -0.15) is 0 Å². The summed E-state index contributed by atoms with van der Waals surface area (Å²) in [6, 6.07) is 1.54. The Kier molecular flexibility index (Phi) is 5.37. The number of hydrogen-bond acceptors (Lipinski definition) is 3. The minimum Gasteiger partial charge on any atom is -0.262 e. The number of nitrogens with one attached hydrogen (secondary N) is 1. The third-order valence-corrected chi connectivity index (χ3v) is 3.92. The lowest BCUT2D eigenvalue weighted by Crippen LogP contribution is -2.24. The summed E-state index contributed by atoms with van der Waals surface area (Å²) in [5.41, 5.74) is 0. The second-order valence-electron chi connectivity index (χ2n) is 3.44. The number of sulfonamides is 1. The van der Waals surface area contributed by atoms with Crippen LogP contribution in [0.4, 0.5) is 0 Å². The molecule has 1 N–H and O–H groups in total. The number of nitrogens with zero attached hydrogens (tertiary/aromatic N) is 1. The van der Waals surface area contributed by atoms with Gasteiger partial charge < -0.3 is 0 Å². The zero-order valence-corrected chi connectivity index (χ0v) is 11.5. The van der Waals surface area contributed by atoms with Crippen molar-refractivity contribution in [3.8, 4) is 0 Å². The second kappa shape index (κ2) is 6.32. The molecule has 0 atom stereocenters. The lowest BCUT2D eigenvalue weighted by atomic mass is 10.3. The summed E-state index contributed by atoms with van der Waals surface area (Å²) in [6.45, 7) is 2.55. The summed E-state index contributed by atoms with van der Waals surface area (Å²) < 4.78 is 26.8. The van der Waals surface area contributed by atoms with E-state index in [4.69, 9.17) is 0 Å². The average Bonchev–Trinajstić information content (AvgIpc) is 2.24. The zero-order valence-electron chi connectivity index (χ0n) is 9.11. The summed E-state index contributed by atoms with van der Waals surface area (Å²) in [5, 5.41) is 0. The maximum atomic E-state index is 11.8. The van der Waals surface area contributed by atoms with Crippen LogP contribution in [0.2, 0.25) is 0 Å². The molecule has 6 heteroatoms. The van der Waals surface area contributed by atoms with E-state index in [9.17, 15) is 8.42 Å². The minimum absolute atomic E-state index is 0.193. The molecule has 0 fully saturated rings. The highest BCUT2D eigenvalue weighted by Crippen LogP contribution is 2.13. The first-order chi connectivity index (χ1) is 7.56. The molecule has 0 aliphatic rings. The van der Waals surface area contributed by atoms with Crippen LogP contribution in [0.15, 0.2) is 27.8 Å². The third kappa shape index (κ3) is 4.19. The summed E-state index contributed by atoms with van der Waals surface area (Å²) in [6.07, 6.45) is 5.85. The monoisotopic (exact) mass is 306 g/mol. The first-order valence-corrected chi connectivity index (χ1v) is 7.44. The van der Waals surface area contributed by atoms with Gasteiger partial charge in [0.25, 0.3) is 0 Å². The highest BCUT2D eigenvalue weighted by molar-refractivity contribution is 9.10. The van der Waals surface area contributed by atoms with Gasteiger partial charge in [0.1, 0.15) is 4.90 Å². The Bertz CT molecular complexity index is 434. The van der Waals surface area contributed by atoms with Crippen molar-refractivity contribution in [2.24, 2.45) is 0 Å². The van der Waals surface area contributed by atoms with E-state index in [0.29, 0.717) is 11.0 Å². The molecule has 0 saturated heterocycles. The predicted octanol–water partition coefficient (Wildman–Crippen LogP) is 2.31. The van der Waals surface area contributed by atoms with Gasteiger partial charge in [0.15, 0.2) is 0 Å². The van der Waals surface area contributed by atoms with E-state index in [1.54, 1.807) is 6.20 Å². The molecule has 16 heavy (non-hydrogen) atoms. The van der Waals surface area contributed by atoms with E-state index in [-0.39, 0.29) is 4.90 Å². The molecule has 0 aliphatic carbocycles. The van der Waals surface area contributed by atoms with Crippen molar-refractivity contribution < 1.29 is 8.42 Å². The van der Waals surface area contributed by atoms with E-state index in [1.807, 2.05) is 0 Å². The molecule has 1 aromatic heterocycles. The summed E-state index contributed by atoms with van der Waals surface area (Å²) >= 11 is 3.19. The molecule has 1 rings (SSSR count). The van der Waals surface area contributed by atoms with Gasteiger partial charge in [-0.25, -0.2) is 13.1 Å². The molecular weight excluding hydrogens is 292 g/mol. The van der Waals surface area contributed by atoms with E-state index in [2.05, 4.69) is 32.6 Å². The summed E-state index contributed by atoms with van der Waals surface area (Å²) in [4.78, 5) is 4.02. The van der Waals surface area contributed by atoms with Gasteiger partial charge in [-0.15, -0.1) is 0 Å². The highest BCUT2D eigenvalue weighted by Gasteiger charge is 2.13. The van der Waals surface area contributed by atoms with Gasteiger partial charge in [0, 0.05) is 23.4 Å². The fourth-order valence-corrected chi connectivity index (χ4v) is 2.78. The Morgan fingerprint density at radius 2 is 2.12 bits per heavy atom. The molecular formula is C10H15BrN2O2S. The number of pyridine rings is 1. The second-order valence-corrected chi connectivity index (χ2v) is 6.13. The quantitative estimate of drug-likeness (QED) is 0.821. The van der Waals surface area contributed by atoms with Crippen LogP contribution in [0.5, 0.6) is 0 Å². The minimum atomic E-state index is -3.41. The van der Waals surface area contributed by atoms with Crippen molar-refractivity contribution in [1.82, 2.24) is 9.71 Å². The maximum absolute atomic E-state index is 11.8. The Labute approximate surface area is 105 Å². The number of halogens is 1. The van der Waals surface area contributed by atoms with Crippen LogP contribution in [0.1, 0.15) is 26.2 Å². The van der Waals surface area contributed by atoms with Gasteiger partial charge in [-0.1, -0.05) is 19.8 Å². The standard InChI is InChI=1S/C10H15BrN2O2S/c1-2-3-4-5-13-16(14,15)10-6-9(11)7-12-8-10/h6-8,13H,2-5H2,1H3. The number of unbranched alkanes of at least 4 members (excludes halogenated alkanes) is 2. The topological polar surface area (TPSA) is 59.1 Å². The molecule has 0 aliphatic heterocycles. The fraction of sp³-hybridized carbons (Fsp3) is 0.500. The van der Waals surface area contributed by atoms with Crippen molar-refractivity contribution in [1.29, 1.82) is 0 Å². The molecule has 0 amide bonds. The molecule has 0 radical (unpaired) electrons. The summed E-state index contributed by atoms with van der Waals surface area (Å²) in [5.74, 6) is 0. The Morgan fingerprint density at radius 1 is 1.38 bits per heavy atom. The van der Waals surface area contributed by atoms with Crippen LogP contribution in [-0.2, 0) is 10.0 Å². The normalized spacial score (nSPS) is 11.6. The Morgan fingerprint density at radius 3 is 2.75 bits per heavy atom. The van der Waals surface area contributed by atoms with Crippen molar-refractivity contribution in [3.05, 3.63) is 22.9 Å². The first kappa shape index (κ1) is 13.6. The molecule has 0 aromatic carbocycles. The predicted molar refractivity (Wildman–Crippen MR) is 66.7 cm³/mol. The van der Waals surface area contributed by atoms with Crippen molar-refractivity contribution in [3.63, 3.8) is 0 Å². The maximum Gasteiger partial charge on any atom is 0.242 e. The third-order valence-electron chi connectivity index (χ3n) is 2.06. The van der Waals surface area contributed by atoms with Crippen LogP contribution >= 0.6 is 15.9 Å². The van der Waals surface area contributed by atoms with Gasteiger partial charge in [-0.05, 0) is 28.4 Å². The highest BCUT2D eigenvalue weighted by atomic mass is 79.9. The summed E-state index contributed by atoms with van der Waals surface area (Å²) in [7, 11) is -3.41. The molecule has 0 saturated carbocycles. The van der Waals surface area contributed by atoms with E-state index >= 15 is 0 Å². The Balaban J connectivity index is 2.64. The number of aromatic nitrogens is 1. The van der Waals surface area contributed by atoms with Crippen molar-refractivity contribution in [2.45, 2.75) is 31.1 Å². The number of rotatable bonds is 6. The Hall–Kier alpha value is -0.460. The molecule has 0 bridgehead atoms. The smallest absolute Gasteiger partial charge is 0.242 e. The molecule has 1 aromatic rings. The lowest BCUT2D eigenvalue weighted by molar-refractivity contribution is 0.575. The average molecular weight is 307 g/mol. The SMILES string of the molecule is CCCCCNS(=O)(=O)c1cncc(Br)c1. The van der Waals surface area contributed by atoms with Crippen LogP contribution in [0.25, 0.3) is 0 Å². The van der Waals surface area contributed by atoms with Crippen molar-refractivity contribution in [2.75, 3.05) is 6.54 Å². The van der Waals surface area contributed by atoms with Crippen molar-refractivity contribution >= 4 is 26.0 Å². The van der Waals surface area contributed by atoms with E-state index < -0.39 is 10.0 Å². The fourth-order valence-electron chi connectivity index (χ4n) is 1.20. The lowest BCUT2D eigenvalue weighted by Gasteiger charge is -2.05. The van der Waals surface area contributed by atoms with E-state index in [0.717, 1.165) is 19.3 Å². The van der Waals surface area contributed by atoms with Crippen LogP contribution in [-0.4, -0.2) is 19.9 Å². The molecule has 0 spiro atoms. The molecule has 4 nitrogen and oxygen atoms in total. The van der Waals surface area contributed by atoms with Gasteiger partial charge in [-0.3, -0.25) is 4.98 Å². The molecule has 1 heterocycles. The number of hydrogen-bond donors (Lipinski definition) is 1. The largest absolute Gasteiger partial charge is 0.262 e. The van der Waals surface area contributed by atoms with Gasteiger partial charge in [0.2, 0.25) is 10.0 Å². The van der Waals surface area contributed by atoms with Crippen LogP contribution in [0, 0.1) is 0 Å². The van der Waals surface area contributed by atoms with Gasteiger partial charge >= 0.3 is 0 Å². The molecule has 0 unspecified atom stereocenters. The zero-order chi connectivity index (χ0) is 12.0.